The van der Waals surface area contributed by atoms with Crippen molar-refractivity contribution in [1.29, 1.82) is 0 Å². The molecule has 0 aliphatic carbocycles. The first-order valence-corrected chi connectivity index (χ1v) is 6.72. The fourth-order valence-corrected chi connectivity index (χ4v) is 2.32. The SMILES string of the molecule is CCc1cccc2cc(CC(C)(C)C(=O)O)c(=O)[nH]c12. The number of carboxylic acid groups (broad SMARTS) is 1. The second-order valence-electron chi connectivity index (χ2n) is 5.72. The van der Waals surface area contributed by atoms with E-state index in [-0.39, 0.29) is 12.0 Å². The smallest absolute Gasteiger partial charge is 0.309 e. The lowest BCUT2D eigenvalue weighted by atomic mass is 9.86. The molecule has 1 aromatic heterocycles. The highest BCUT2D eigenvalue weighted by molar-refractivity contribution is 5.82. The van der Waals surface area contributed by atoms with Crippen molar-refractivity contribution < 1.29 is 9.90 Å². The molecule has 0 spiro atoms. The Morgan fingerprint density at radius 1 is 1.30 bits per heavy atom. The van der Waals surface area contributed by atoms with Gasteiger partial charge in [-0.15, -0.1) is 0 Å². The second kappa shape index (κ2) is 5.12. The van der Waals surface area contributed by atoms with Gasteiger partial charge >= 0.3 is 5.97 Å². The zero-order valence-corrected chi connectivity index (χ0v) is 12.0. The number of aryl methyl sites for hydroxylation is 1. The van der Waals surface area contributed by atoms with Gasteiger partial charge in [0, 0.05) is 5.56 Å². The fraction of sp³-hybridized carbons (Fsp3) is 0.375. The van der Waals surface area contributed by atoms with Gasteiger partial charge in [-0.1, -0.05) is 25.1 Å². The Kier molecular flexibility index (Phi) is 3.66. The molecule has 0 bridgehead atoms. The molecule has 0 saturated heterocycles. The number of nitrogens with one attached hydrogen (secondary N) is 1. The number of para-hydroxylation sites is 1. The minimum Gasteiger partial charge on any atom is -0.481 e. The van der Waals surface area contributed by atoms with Crippen LogP contribution < -0.4 is 5.56 Å². The van der Waals surface area contributed by atoms with Gasteiger partial charge in [-0.2, -0.15) is 0 Å². The summed E-state index contributed by atoms with van der Waals surface area (Å²) < 4.78 is 0. The van der Waals surface area contributed by atoms with Crippen LogP contribution in [0.5, 0.6) is 0 Å². The van der Waals surface area contributed by atoms with E-state index in [2.05, 4.69) is 4.98 Å². The van der Waals surface area contributed by atoms with Crippen LogP contribution in [0.4, 0.5) is 0 Å². The van der Waals surface area contributed by atoms with E-state index in [9.17, 15) is 14.7 Å². The predicted molar refractivity (Wildman–Crippen MR) is 79.1 cm³/mol. The third kappa shape index (κ3) is 2.59. The van der Waals surface area contributed by atoms with Crippen molar-refractivity contribution in [3.8, 4) is 0 Å². The Morgan fingerprint density at radius 2 is 2.00 bits per heavy atom. The Balaban J connectivity index is 2.55. The van der Waals surface area contributed by atoms with Crippen LogP contribution in [0.15, 0.2) is 29.1 Å². The molecule has 106 valence electrons. The van der Waals surface area contributed by atoms with E-state index >= 15 is 0 Å². The lowest BCUT2D eigenvalue weighted by Gasteiger charge is -2.18. The quantitative estimate of drug-likeness (QED) is 0.899. The zero-order valence-electron chi connectivity index (χ0n) is 12.0. The number of carbonyl (C=O) groups is 1. The van der Waals surface area contributed by atoms with Crippen LogP contribution in [0.25, 0.3) is 10.9 Å². The molecule has 2 N–H and O–H groups in total. The summed E-state index contributed by atoms with van der Waals surface area (Å²) in [6.45, 7) is 5.29. The highest BCUT2D eigenvalue weighted by atomic mass is 16.4. The summed E-state index contributed by atoms with van der Waals surface area (Å²) in [6, 6.07) is 7.67. The largest absolute Gasteiger partial charge is 0.481 e. The van der Waals surface area contributed by atoms with E-state index in [4.69, 9.17) is 0 Å². The molecule has 20 heavy (non-hydrogen) atoms. The van der Waals surface area contributed by atoms with Crippen LogP contribution in [0, 0.1) is 5.41 Å². The minimum absolute atomic E-state index is 0.201. The molecule has 0 atom stereocenters. The molecule has 0 fully saturated rings. The molecule has 2 aromatic rings. The van der Waals surface area contributed by atoms with E-state index in [0.717, 1.165) is 22.9 Å². The standard InChI is InChI=1S/C16H19NO3/c1-4-10-6-5-7-11-8-12(14(18)17-13(10)11)9-16(2,3)15(19)20/h5-8H,4,9H2,1-3H3,(H,17,18)(H,19,20). The number of pyridine rings is 1. The lowest BCUT2D eigenvalue weighted by Crippen LogP contribution is -2.29. The molecule has 0 unspecified atom stereocenters. The number of hydrogen-bond donors (Lipinski definition) is 2. The van der Waals surface area contributed by atoms with Gasteiger partial charge in [0.1, 0.15) is 0 Å². The summed E-state index contributed by atoms with van der Waals surface area (Å²) >= 11 is 0. The lowest BCUT2D eigenvalue weighted by molar-refractivity contribution is -0.146. The maximum Gasteiger partial charge on any atom is 0.309 e. The molecule has 4 nitrogen and oxygen atoms in total. The molecule has 0 amide bonds. The summed E-state index contributed by atoms with van der Waals surface area (Å²) in [6.07, 6.45) is 1.05. The average molecular weight is 273 g/mol. The first-order valence-electron chi connectivity index (χ1n) is 6.72. The van der Waals surface area contributed by atoms with Crippen molar-refractivity contribution >= 4 is 16.9 Å². The number of carboxylic acids is 1. The normalized spacial score (nSPS) is 11.8. The van der Waals surface area contributed by atoms with Gasteiger partial charge in [0.2, 0.25) is 0 Å². The monoisotopic (exact) mass is 273 g/mol. The van der Waals surface area contributed by atoms with Crippen LogP contribution in [-0.4, -0.2) is 16.1 Å². The van der Waals surface area contributed by atoms with Crippen molar-refractivity contribution in [3.63, 3.8) is 0 Å². The Morgan fingerprint density at radius 3 is 2.60 bits per heavy atom. The van der Waals surface area contributed by atoms with Gasteiger partial charge in [-0.25, -0.2) is 0 Å². The summed E-state index contributed by atoms with van der Waals surface area (Å²) in [7, 11) is 0. The fourth-order valence-electron chi connectivity index (χ4n) is 2.32. The average Bonchev–Trinajstić information content (AvgIpc) is 2.38. The minimum atomic E-state index is -0.955. The van der Waals surface area contributed by atoms with Gasteiger partial charge in [-0.3, -0.25) is 9.59 Å². The summed E-state index contributed by atoms with van der Waals surface area (Å²) in [5.74, 6) is -0.903. The van der Waals surface area contributed by atoms with Gasteiger partial charge in [0.05, 0.1) is 10.9 Å². The number of benzene rings is 1. The van der Waals surface area contributed by atoms with Crippen molar-refractivity contribution in [2.24, 2.45) is 5.41 Å². The molecule has 0 saturated carbocycles. The zero-order chi connectivity index (χ0) is 14.9. The maximum absolute atomic E-state index is 12.2. The molecule has 0 radical (unpaired) electrons. The summed E-state index contributed by atoms with van der Waals surface area (Å²) in [5, 5.41) is 10.1. The van der Waals surface area contributed by atoms with Crippen molar-refractivity contribution in [3.05, 3.63) is 45.7 Å². The summed E-state index contributed by atoms with van der Waals surface area (Å²) in [4.78, 5) is 26.2. The Bertz CT molecular complexity index is 713. The van der Waals surface area contributed by atoms with Crippen molar-refractivity contribution in [1.82, 2.24) is 4.98 Å². The predicted octanol–water partition coefficient (Wildman–Crippen LogP) is 2.74. The van der Waals surface area contributed by atoms with Crippen molar-refractivity contribution in [2.45, 2.75) is 33.6 Å². The van der Waals surface area contributed by atoms with E-state index in [0.29, 0.717) is 5.56 Å². The third-order valence-electron chi connectivity index (χ3n) is 3.64. The van der Waals surface area contributed by atoms with Crippen LogP contribution in [-0.2, 0) is 17.6 Å². The maximum atomic E-state index is 12.2. The number of aliphatic carboxylic acids is 1. The number of rotatable bonds is 4. The molecule has 0 aliphatic heterocycles. The highest BCUT2D eigenvalue weighted by Gasteiger charge is 2.28. The number of H-pyrrole nitrogens is 1. The van der Waals surface area contributed by atoms with Crippen LogP contribution in [0.1, 0.15) is 31.9 Å². The number of fused-ring (bicyclic) bond motifs is 1. The number of hydrogen-bond acceptors (Lipinski definition) is 2. The van der Waals surface area contributed by atoms with E-state index in [1.807, 2.05) is 25.1 Å². The van der Waals surface area contributed by atoms with E-state index < -0.39 is 11.4 Å². The van der Waals surface area contributed by atoms with Gasteiger partial charge in [-0.05, 0) is 43.7 Å². The third-order valence-corrected chi connectivity index (χ3v) is 3.64. The summed E-state index contributed by atoms with van der Waals surface area (Å²) in [5.41, 5.74) is 1.29. The molecular weight excluding hydrogens is 254 g/mol. The molecule has 1 heterocycles. The van der Waals surface area contributed by atoms with E-state index in [1.54, 1.807) is 19.9 Å². The van der Waals surface area contributed by atoms with Gasteiger partial charge < -0.3 is 10.1 Å². The van der Waals surface area contributed by atoms with E-state index in [1.165, 1.54) is 0 Å². The number of aromatic nitrogens is 1. The van der Waals surface area contributed by atoms with Gasteiger partial charge in [0.25, 0.3) is 5.56 Å². The first kappa shape index (κ1) is 14.3. The van der Waals surface area contributed by atoms with Gasteiger partial charge in [0.15, 0.2) is 0 Å². The number of aromatic amines is 1. The first-order chi connectivity index (χ1) is 9.35. The molecule has 0 aliphatic rings. The highest BCUT2D eigenvalue weighted by Crippen LogP contribution is 2.23. The molecule has 1 aromatic carbocycles. The molecular formula is C16H19NO3. The molecule has 2 rings (SSSR count). The second-order valence-corrected chi connectivity index (χ2v) is 5.72. The van der Waals surface area contributed by atoms with Crippen LogP contribution >= 0.6 is 0 Å². The van der Waals surface area contributed by atoms with Crippen molar-refractivity contribution in [2.75, 3.05) is 0 Å². The van der Waals surface area contributed by atoms with Crippen LogP contribution in [0.2, 0.25) is 0 Å². The molecule has 4 heteroatoms. The topological polar surface area (TPSA) is 70.2 Å². The van der Waals surface area contributed by atoms with Crippen LogP contribution in [0.3, 0.4) is 0 Å². The Hall–Kier alpha value is -2.10. The Labute approximate surface area is 117 Å².